The molecule has 3 rings (SSSR count). The number of pyridine rings is 1. The first-order valence-electron chi connectivity index (χ1n) is 8.05. The van der Waals surface area contributed by atoms with Gasteiger partial charge >= 0.3 is 0 Å². The number of amides is 1. The molecule has 0 saturated heterocycles. The van der Waals surface area contributed by atoms with Crippen molar-refractivity contribution >= 4 is 27.5 Å². The summed E-state index contributed by atoms with van der Waals surface area (Å²) in [6, 6.07) is 9.58. The van der Waals surface area contributed by atoms with E-state index in [9.17, 15) is 4.79 Å². The highest BCUT2D eigenvalue weighted by Crippen LogP contribution is 2.17. The number of benzene rings is 1. The number of hydrogen-bond acceptors (Lipinski definition) is 3. The molecule has 1 amide bonds. The van der Waals surface area contributed by atoms with Crippen molar-refractivity contribution in [3.05, 3.63) is 76.5 Å². The zero-order valence-corrected chi connectivity index (χ0v) is 15.7. The molecule has 0 fully saturated rings. The van der Waals surface area contributed by atoms with Gasteiger partial charge in [0.1, 0.15) is 5.82 Å². The summed E-state index contributed by atoms with van der Waals surface area (Å²) in [4.78, 5) is 20.8. The maximum Gasteiger partial charge on any atom is 0.257 e. The molecule has 2 heterocycles. The average molecular weight is 399 g/mol. The van der Waals surface area contributed by atoms with Crippen LogP contribution in [-0.2, 0) is 6.54 Å². The van der Waals surface area contributed by atoms with E-state index in [1.165, 1.54) is 0 Å². The van der Waals surface area contributed by atoms with Crippen molar-refractivity contribution in [3.63, 3.8) is 0 Å². The van der Waals surface area contributed by atoms with Gasteiger partial charge in [0.25, 0.3) is 5.91 Å². The largest absolute Gasteiger partial charge is 0.330 e. The molecule has 0 unspecified atom stereocenters. The summed E-state index contributed by atoms with van der Waals surface area (Å²) in [5.74, 6) is 1.23. The molecule has 6 heteroatoms. The first kappa shape index (κ1) is 17.4. The fourth-order valence-electron chi connectivity index (χ4n) is 2.64. The number of nitrogens with zero attached hydrogens (tertiary/aromatic N) is 3. The van der Waals surface area contributed by atoms with E-state index < -0.39 is 0 Å². The number of anilines is 1. The summed E-state index contributed by atoms with van der Waals surface area (Å²) in [5, 5.41) is 2.92. The van der Waals surface area contributed by atoms with Crippen molar-refractivity contribution in [1.82, 2.24) is 14.5 Å². The molecule has 0 saturated carbocycles. The normalized spacial score (nSPS) is 10.9. The average Bonchev–Trinajstić information content (AvgIpc) is 3.03. The van der Waals surface area contributed by atoms with Crippen LogP contribution in [-0.4, -0.2) is 20.4 Å². The number of carbonyl (C=O) groups is 1. The maximum absolute atomic E-state index is 12.4. The predicted octanol–water partition coefficient (Wildman–Crippen LogP) is 4.46. The molecule has 0 aliphatic heterocycles. The molecule has 0 aliphatic rings. The van der Waals surface area contributed by atoms with Crippen molar-refractivity contribution in [2.75, 3.05) is 5.32 Å². The van der Waals surface area contributed by atoms with Crippen molar-refractivity contribution in [2.24, 2.45) is 0 Å². The molecule has 25 heavy (non-hydrogen) atoms. The molecule has 0 atom stereocenters. The highest BCUT2D eigenvalue weighted by atomic mass is 79.9. The van der Waals surface area contributed by atoms with Crippen LogP contribution in [0.2, 0.25) is 0 Å². The predicted molar refractivity (Wildman–Crippen MR) is 102 cm³/mol. The van der Waals surface area contributed by atoms with Crippen molar-refractivity contribution in [2.45, 2.75) is 26.3 Å². The number of imidazole rings is 1. The van der Waals surface area contributed by atoms with Crippen LogP contribution < -0.4 is 5.32 Å². The Morgan fingerprint density at radius 1 is 1.28 bits per heavy atom. The Hall–Kier alpha value is -2.47. The lowest BCUT2D eigenvalue weighted by molar-refractivity contribution is 0.102. The Balaban J connectivity index is 1.75. The van der Waals surface area contributed by atoms with Crippen LogP contribution in [0.25, 0.3) is 0 Å². The van der Waals surface area contributed by atoms with Crippen LogP contribution in [0.15, 0.2) is 59.6 Å². The van der Waals surface area contributed by atoms with Crippen molar-refractivity contribution < 1.29 is 4.79 Å². The van der Waals surface area contributed by atoms with E-state index >= 15 is 0 Å². The van der Waals surface area contributed by atoms with Gasteiger partial charge in [-0.3, -0.25) is 9.78 Å². The van der Waals surface area contributed by atoms with Crippen molar-refractivity contribution in [3.8, 4) is 0 Å². The van der Waals surface area contributed by atoms with Crippen LogP contribution in [0.3, 0.4) is 0 Å². The second kappa shape index (κ2) is 7.61. The molecule has 1 N–H and O–H groups in total. The SMILES string of the molecule is CC(C)c1nccn1Cc1cccc(NC(=O)c2cncc(Br)c2)c1. The molecule has 2 aromatic heterocycles. The molecule has 5 nitrogen and oxygen atoms in total. The van der Waals surface area contributed by atoms with Gasteiger partial charge in [-0.25, -0.2) is 4.98 Å². The van der Waals surface area contributed by atoms with Gasteiger partial charge in [-0.2, -0.15) is 0 Å². The minimum atomic E-state index is -0.184. The summed E-state index contributed by atoms with van der Waals surface area (Å²) < 4.78 is 2.90. The second-order valence-corrected chi connectivity index (χ2v) is 7.03. The third-order valence-electron chi connectivity index (χ3n) is 3.77. The lowest BCUT2D eigenvalue weighted by Gasteiger charge is -2.12. The highest BCUT2D eigenvalue weighted by Gasteiger charge is 2.10. The molecule has 0 bridgehead atoms. The van der Waals surface area contributed by atoms with E-state index in [1.807, 2.05) is 36.7 Å². The Morgan fingerprint density at radius 3 is 2.88 bits per heavy atom. The van der Waals surface area contributed by atoms with Crippen LogP contribution >= 0.6 is 15.9 Å². The topological polar surface area (TPSA) is 59.8 Å². The summed E-state index contributed by atoms with van der Waals surface area (Å²) in [5.41, 5.74) is 2.37. The van der Waals surface area contributed by atoms with Gasteiger partial charge in [-0.1, -0.05) is 26.0 Å². The molecule has 0 spiro atoms. The van der Waals surface area contributed by atoms with E-state index in [0.29, 0.717) is 11.5 Å². The molecule has 1 aromatic carbocycles. The first-order valence-corrected chi connectivity index (χ1v) is 8.84. The number of carbonyl (C=O) groups excluding carboxylic acids is 1. The quantitative estimate of drug-likeness (QED) is 0.689. The molecule has 0 aliphatic carbocycles. The van der Waals surface area contributed by atoms with E-state index in [-0.39, 0.29) is 5.91 Å². The van der Waals surface area contributed by atoms with Crippen LogP contribution in [0.1, 0.15) is 41.5 Å². The fraction of sp³-hybridized carbons (Fsp3) is 0.211. The Morgan fingerprint density at radius 2 is 2.12 bits per heavy atom. The Bertz CT molecular complexity index is 888. The summed E-state index contributed by atoms with van der Waals surface area (Å²) in [6.45, 7) is 4.97. The molecule has 3 aromatic rings. The van der Waals surface area contributed by atoms with Crippen LogP contribution in [0.5, 0.6) is 0 Å². The second-order valence-electron chi connectivity index (χ2n) is 6.11. The van der Waals surface area contributed by atoms with Gasteiger partial charge < -0.3 is 9.88 Å². The van der Waals surface area contributed by atoms with Gasteiger partial charge in [0, 0.05) is 47.4 Å². The van der Waals surface area contributed by atoms with Crippen molar-refractivity contribution in [1.29, 1.82) is 0 Å². The van der Waals surface area contributed by atoms with Gasteiger partial charge in [0.15, 0.2) is 0 Å². The minimum absolute atomic E-state index is 0.184. The zero-order chi connectivity index (χ0) is 17.8. The van der Waals surface area contributed by atoms with E-state index in [2.05, 4.69) is 49.6 Å². The van der Waals surface area contributed by atoms with E-state index in [0.717, 1.165) is 28.1 Å². The molecule has 0 radical (unpaired) electrons. The zero-order valence-electron chi connectivity index (χ0n) is 14.1. The minimum Gasteiger partial charge on any atom is -0.330 e. The smallest absolute Gasteiger partial charge is 0.257 e. The summed E-state index contributed by atoms with van der Waals surface area (Å²) in [7, 11) is 0. The Labute approximate surface area is 155 Å². The fourth-order valence-corrected chi connectivity index (χ4v) is 3.00. The van der Waals surface area contributed by atoms with Gasteiger partial charge in [0.2, 0.25) is 0 Å². The van der Waals surface area contributed by atoms with E-state index in [1.54, 1.807) is 18.5 Å². The van der Waals surface area contributed by atoms with Gasteiger partial charge in [-0.15, -0.1) is 0 Å². The first-order chi connectivity index (χ1) is 12.0. The number of aromatic nitrogens is 3. The highest BCUT2D eigenvalue weighted by molar-refractivity contribution is 9.10. The number of nitrogens with one attached hydrogen (secondary N) is 1. The summed E-state index contributed by atoms with van der Waals surface area (Å²) >= 11 is 3.33. The third kappa shape index (κ3) is 4.33. The summed E-state index contributed by atoms with van der Waals surface area (Å²) in [6.07, 6.45) is 6.99. The van der Waals surface area contributed by atoms with Crippen LogP contribution in [0, 0.1) is 0 Å². The standard InChI is InChI=1S/C19H19BrN4O/c1-13(2)18-22-6-7-24(18)12-14-4-3-5-17(8-14)23-19(25)15-9-16(20)11-21-10-15/h3-11,13H,12H2,1-2H3,(H,23,25). The van der Waals surface area contributed by atoms with Crippen LogP contribution in [0.4, 0.5) is 5.69 Å². The van der Waals surface area contributed by atoms with Gasteiger partial charge in [0.05, 0.1) is 5.56 Å². The monoisotopic (exact) mass is 398 g/mol. The number of hydrogen-bond donors (Lipinski definition) is 1. The third-order valence-corrected chi connectivity index (χ3v) is 4.20. The lowest BCUT2D eigenvalue weighted by atomic mass is 10.1. The molecule has 128 valence electrons. The Kier molecular flexibility index (Phi) is 5.28. The van der Waals surface area contributed by atoms with E-state index in [4.69, 9.17) is 0 Å². The maximum atomic E-state index is 12.4. The lowest BCUT2D eigenvalue weighted by Crippen LogP contribution is -2.12. The number of rotatable bonds is 5. The molecular formula is C19H19BrN4O. The molecular weight excluding hydrogens is 380 g/mol. The number of halogens is 1. The van der Waals surface area contributed by atoms with Gasteiger partial charge in [-0.05, 0) is 39.7 Å².